The molecule has 0 aliphatic carbocycles. The van der Waals surface area contributed by atoms with Crippen molar-refractivity contribution in [2.75, 3.05) is 5.32 Å². The quantitative estimate of drug-likeness (QED) is 0.734. The van der Waals surface area contributed by atoms with Gasteiger partial charge in [0, 0.05) is 13.0 Å². The molecule has 0 atom stereocenters. The third kappa shape index (κ3) is 3.18. The standard InChI is InChI=1S/C16H14N4O3S/c17-14(22)10-3-1-2-4-12(10)19-13(21)5-7-20-9-18-15-11(16(20)23)6-8-24-15/h1-4,6,8-9H,5,7H2,(H2,17,22)(H,19,21). The van der Waals surface area contributed by atoms with E-state index in [1.165, 1.54) is 28.3 Å². The summed E-state index contributed by atoms with van der Waals surface area (Å²) in [5.41, 5.74) is 5.70. The molecule has 0 saturated heterocycles. The Labute approximate surface area is 140 Å². The number of carbonyl (C=O) groups is 2. The number of hydrogen-bond acceptors (Lipinski definition) is 5. The molecule has 24 heavy (non-hydrogen) atoms. The Bertz CT molecular complexity index is 977. The third-order valence-corrected chi connectivity index (χ3v) is 4.32. The largest absolute Gasteiger partial charge is 0.366 e. The second kappa shape index (κ2) is 6.63. The van der Waals surface area contributed by atoms with Crippen LogP contribution >= 0.6 is 11.3 Å². The van der Waals surface area contributed by atoms with E-state index < -0.39 is 5.91 Å². The molecule has 8 heteroatoms. The molecule has 0 fully saturated rings. The van der Waals surface area contributed by atoms with Gasteiger partial charge in [0.1, 0.15) is 4.83 Å². The van der Waals surface area contributed by atoms with E-state index in [4.69, 9.17) is 5.73 Å². The van der Waals surface area contributed by atoms with E-state index in [9.17, 15) is 14.4 Å². The maximum absolute atomic E-state index is 12.2. The zero-order chi connectivity index (χ0) is 17.1. The van der Waals surface area contributed by atoms with Gasteiger partial charge in [-0.2, -0.15) is 0 Å². The van der Waals surface area contributed by atoms with Crippen molar-refractivity contribution in [2.24, 2.45) is 5.73 Å². The summed E-state index contributed by atoms with van der Waals surface area (Å²) in [4.78, 5) is 40.5. The van der Waals surface area contributed by atoms with Gasteiger partial charge in [0.25, 0.3) is 11.5 Å². The van der Waals surface area contributed by atoms with Crippen molar-refractivity contribution < 1.29 is 9.59 Å². The number of primary amides is 1. The molecule has 2 aromatic heterocycles. The van der Waals surface area contributed by atoms with Gasteiger partial charge < -0.3 is 11.1 Å². The summed E-state index contributed by atoms with van der Waals surface area (Å²) >= 11 is 1.39. The highest BCUT2D eigenvalue weighted by Gasteiger charge is 2.11. The first-order valence-corrected chi connectivity index (χ1v) is 8.05. The predicted octanol–water partition coefficient (Wildman–Crippen LogP) is 1.59. The number of fused-ring (bicyclic) bond motifs is 1. The van der Waals surface area contributed by atoms with Gasteiger partial charge in [0.2, 0.25) is 5.91 Å². The normalized spacial score (nSPS) is 10.7. The first kappa shape index (κ1) is 15.9. The Morgan fingerprint density at radius 3 is 2.83 bits per heavy atom. The van der Waals surface area contributed by atoms with Gasteiger partial charge in [0.05, 0.1) is 23.0 Å². The average molecular weight is 342 g/mol. The van der Waals surface area contributed by atoms with Gasteiger partial charge in [-0.25, -0.2) is 4.98 Å². The Hall–Kier alpha value is -3.00. The minimum Gasteiger partial charge on any atom is -0.366 e. The maximum atomic E-state index is 12.2. The number of thiophene rings is 1. The van der Waals surface area contributed by atoms with Gasteiger partial charge >= 0.3 is 0 Å². The lowest BCUT2D eigenvalue weighted by atomic mass is 10.1. The van der Waals surface area contributed by atoms with E-state index in [0.717, 1.165) is 0 Å². The monoisotopic (exact) mass is 342 g/mol. The number of benzene rings is 1. The number of nitrogens with zero attached hydrogens (tertiary/aromatic N) is 2. The van der Waals surface area contributed by atoms with Crippen LogP contribution in [0.2, 0.25) is 0 Å². The summed E-state index contributed by atoms with van der Waals surface area (Å²) in [6.07, 6.45) is 1.51. The van der Waals surface area contributed by atoms with Crippen LogP contribution in [0.3, 0.4) is 0 Å². The highest BCUT2D eigenvalue weighted by atomic mass is 32.1. The van der Waals surface area contributed by atoms with E-state index in [2.05, 4.69) is 10.3 Å². The van der Waals surface area contributed by atoms with Gasteiger partial charge in [-0.3, -0.25) is 19.0 Å². The fraction of sp³-hybridized carbons (Fsp3) is 0.125. The second-order valence-corrected chi connectivity index (χ2v) is 5.99. The third-order valence-electron chi connectivity index (χ3n) is 3.50. The fourth-order valence-corrected chi connectivity index (χ4v) is 3.02. The van der Waals surface area contributed by atoms with Crippen molar-refractivity contribution >= 4 is 39.1 Å². The number of anilines is 1. The zero-order valence-electron chi connectivity index (χ0n) is 12.6. The molecule has 1 aromatic carbocycles. The highest BCUT2D eigenvalue weighted by Crippen LogP contribution is 2.15. The molecule has 3 aromatic rings. The van der Waals surface area contributed by atoms with E-state index >= 15 is 0 Å². The highest BCUT2D eigenvalue weighted by molar-refractivity contribution is 7.16. The molecule has 0 radical (unpaired) electrons. The molecule has 122 valence electrons. The van der Waals surface area contributed by atoms with Crippen LogP contribution in [0.4, 0.5) is 5.69 Å². The summed E-state index contributed by atoms with van der Waals surface area (Å²) in [6.45, 7) is 0.197. The Kier molecular flexibility index (Phi) is 4.39. The van der Waals surface area contributed by atoms with E-state index in [1.54, 1.807) is 29.6 Å². The molecule has 2 amide bonds. The number of hydrogen-bond donors (Lipinski definition) is 2. The summed E-state index contributed by atoms with van der Waals surface area (Å²) in [7, 11) is 0. The first-order valence-electron chi connectivity index (χ1n) is 7.17. The molecule has 3 rings (SSSR count). The van der Waals surface area contributed by atoms with Crippen LogP contribution < -0.4 is 16.6 Å². The number of aromatic nitrogens is 2. The maximum Gasteiger partial charge on any atom is 0.262 e. The number of carbonyl (C=O) groups excluding carboxylic acids is 2. The molecule has 0 aliphatic heterocycles. The molecule has 0 saturated carbocycles. The van der Waals surface area contributed by atoms with Crippen LogP contribution in [0, 0.1) is 0 Å². The Morgan fingerprint density at radius 2 is 2.04 bits per heavy atom. The fourth-order valence-electron chi connectivity index (χ4n) is 2.29. The SMILES string of the molecule is NC(=O)c1ccccc1NC(=O)CCn1cnc2sccc2c1=O. The molecule has 2 heterocycles. The van der Waals surface area contributed by atoms with E-state index in [-0.39, 0.29) is 30.0 Å². The zero-order valence-corrected chi connectivity index (χ0v) is 13.4. The van der Waals surface area contributed by atoms with Gasteiger partial charge in [-0.15, -0.1) is 11.3 Å². The van der Waals surface area contributed by atoms with Gasteiger partial charge in [-0.05, 0) is 23.6 Å². The smallest absolute Gasteiger partial charge is 0.262 e. The minimum atomic E-state index is -0.616. The molecule has 0 unspecified atom stereocenters. The number of nitrogens with one attached hydrogen (secondary N) is 1. The van der Waals surface area contributed by atoms with Crippen molar-refractivity contribution in [3.05, 3.63) is 58.0 Å². The molecular weight excluding hydrogens is 328 g/mol. The minimum absolute atomic E-state index is 0.0737. The molecule has 0 spiro atoms. The number of nitrogens with two attached hydrogens (primary N) is 1. The predicted molar refractivity (Wildman–Crippen MR) is 92.1 cm³/mol. The number of para-hydroxylation sites is 1. The summed E-state index contributed by atoms with van der Waals surface area (Å²) in [5, 5.41) is 4.99. The summed E-state index contributed by atoms with van der Waals surface area (Å²) in [5.74, 6) is -0.935. The van der Waals surface area contributed by atoms with Gasteiger partial charge in [0.15, 0.2) is 0 Å². The lowest BCUT2D eigenvalue weighted by Crippen LogP contribution is -2.24. The van der Waals surface area contributed by atoms with Crippen molar-refractivity contribution in [3.8, 4) is 0 Å². The van der Waals surface area contributed by atoms with Crippen molar-refractivity contribution in [1.29, 1.82) is 0 Å². The molecule has 3 N–H and O–H groups in total. The van der Waals surface area contributed by atoms with Crippen molar-refractivity contribution in [3.63, 3.8) is 0 Å². The molecular formula is C16H14N4O3S. The topological polar surface area (TPSA) is 107 Å². The van der Waals surface area contributed by atoms with E-state index in [1.807, 2.05) is 0 Å². The molecule has 0 aliphatic rings. The van der Waals surface area contributed by atoms with Crippen LogP contribution in [0.15, 0.2) is 46.8 Å². The lowest BCUT2D eigenvalue weighted by Gasteiger charge is -2.09. The lowest BCUT2D eigenvalue weighted by molar-refractivity contribution is -0.116. The second-order valence-electron chi connectivity index (χ2n) is 5.09. The van der Waals surface area contributed by atoms with Crippen LogP contribution in [0.1, 0.15) is 16.8 Å². The average Bonchev–Trinajstić information content (AvgIpc) is 3.04. The van der Waals surface area contributed by atoms with Crippen LogP contribution in [-0.2, 0) is 11.3 Å². The molecule has 7 nitrogen and oxygen atoms in total. The Morgan fingerprint density at radius 1 is 1.25 bits per heavy atom. The summed E-state index contributed by atoms with van der Waals surface area (Å²) < 4.78 is 1.40. The first-order chi connectivity index (χ1) is 11.6. The van der Waals surface area contributed by atoms with Gasteiger partial charge in [-0.1, -0.05) is 12.1 Å². The van der Waals surface area contributed by atoms with Crippen LogP contribution in [0.25, 0.3) is 10.2 Å². The van der Waals surface area contributed by atoms with Crippen molar-refractivity contribution in [1.82, 2.24) is 9.55 Å². The molecule has 0 bridgehead atoms. The number of aryl methyl sites for hydroxylation is 1. The summed E-state index contributed by atoms with van der Waals surface area (Å²) in [6, 6.07) is 8.22. The van der Waals surface area contributed by atoms with E-state index in [0.29, 0.717) is 15.9 Å². The van der Waals surface area contributed by atoms with Crippen LogP contribution in [0.5, 0.6) is 0 Å². The van der Waals surface area contributed by atoms with Crippen molar-refractivity contribution in [2.45, 2.75) is 13.0 Å². The van der Waals surface area contributed by atoms with Crippen LogP contribution in [-0.4, -0.2) is 21.4 Å². The number of rotatable bonds is 5. The Balaban J connectivity index is 1.70. The number of amides is 2.